The molecule has 8 heteroatoms. The number of aliphatic carboxylic acids is 1. The Labute approximate surface area is 135 Å². The van der Waals surface area contributed by atoms with Gasteiger partial charge >= 0.3 is 11.9 Å². The summed E-state index contributed by atoms with van der Waals surface area (Å²) < 4.78 is 10.4. The lowest BCUT2D eigenvalue weighted by molar-refractivity contribution is -0.131. The lowest BCUT2D eigenvalue weighted by Crippen LogP contribution is -2.18. The molecule has 0 aliphatic carbocycles. The maximum atomic E-state index is 11.7. The second-order valence-corrected chi connectivity index (χ2v) is 4.86. The zero-order valence-electron chi connectivity index (χ0n) is 12.1. The summed E-state index contributed by atoms with van der Waals surface area (Å²) in [6.07, 6.45) is 0. The van der Waals surface area contributed by atoms with Gasteiger partial charge in [0.15, 0.2) is 11.5 Å². The quantitative estimate of drug-likeness (QED) is 0.563. The zero-order chi connectivity index (χ0) is 17.3. The van der Waals surface area contributed by atoms with Crippen molar-refractivity contribution in [3.63, 3.8) is 0 Å². The predicted octanol–water partition coefficient (Wildman–Crippen LogP) is 2.12. The Morgan fingerprint density at radius 1 is 1.00 bits per heavy atom. The van der Waals surface area contributed by atoms with Crippen LogP contribution in [0.2, 0.25) is 0 Å². The van der Waals surface area contributed by atoms with Crippen LogP contribution in [0.1, 0.15) is 20.7 Å². The fraction of sp³-hybridized carbons (Fsp3) is 0.0625. The van der Waals surface area contributed by atoms with Crippen LogP contribution in [0.3, 0.4) is 0 Å². The average molecular weight is 329 g/mol. The Morgan fingerprint density at radius 2 is 1.75 bits per heavy atom. The van der Waals surface area contributed by atoms with Crippen LogP contribution in [0.25, 0.3) is 0 Å². The van der Waals surface area contributed by atoms with Crippen molar-refractivity contribution >= 4 is 29.1 Å². The van der Waals surface area contributed by atoms with E-state index in [4.69, 9.17) is 14.6 Å². The SMILES string of the molecule is O=C(O)C(=O)c1cccc(Nc2ccc3c(c2)OCO3)c1C(=O)O. The van der Waals surface area contributed by atoms with Gasteiger partial charge in [-0.25, -0.2) is 9.59 Å². The summed E-state index contributed by atoms with van der Waals surface area (Å²) in [5.74, 6) is -3.37. The van der Waals surface area contributed by atoms with Crippen molar-refractivity contribution in [3.05, 3.63) is 47.5 Å². The van der Waals surface area contributed by atoms with Gasteiger partial charge in [-0.1, -0.05) is 6.07 Å². The molecule has 0 bridgehead atoms. The van der Waals surface area contributed by atoms with E-state index in [9.17, 15) is 19.5 Å². The highest BCUT2D eigenvalue weighted by atomic mass is 16.7. The van der Waals surface area contributed by atoms with Crippen LogP contribution < -0.4 is 14.8 Å². The third-order valence-electron chi connectivity index (χ3n) is 3.37. The van der Waals surface area contributed by atoms with Crippen molar-refractivity contribution in [2.75, 3.05) is 12.1 Å². The van der Waals surface area contributed by atoms with Crippen molar-refractivity contribution in [3.8, 4) is 11.5 Å². The second-order valence-electron chi connectivity index (χ2n) is 4.86. The Morgan fingerprint density at radius 3 is 2.46 bits per heavy atom. The number of carbonyl (C=O) groups excluding carboxylic acids is 1. The average Bonchev–Trinajstić information content (AvgIpc) is 3.01. The summed E-state index contributed by atoms with van der Waals surface area (Å²) in [5, 5.41) is 21.1. The van der Waals surface area contributed by atoms with Crippen LogP contribution in [0.4, 0.5) is 11.4 Å². The smallest absolute Gasteiger partial charge is 0.377 e. The monoisotopic (exact) mass is 329 g/mol. The lowest BCUT2D eigenvalue weighted by atomic mass is 10.0. The molecule has 0 amide bonds. The standard InChI is InChI=1S/C16H11NO7/c18-14(16(21)22)9-2-1-3-10(13(9)15(19)20)17-8-4-5-11-12(6-8)24-7-23-11/h1-6,17H,7H2,(H,19,20)(H,21,22). The fourth-order valence-electron chi connectivity index (χ4n) is 2.32. The first-order valence-corrected chi connectivity index (χ1v) is 6.78. The molecule has 1 aliphatic heterocycles. The highest BCUT2D eigenvalue weighted by molar-refractivity contribution is 6.41. The van der Waals surface area contributed by atoms with Gasteiger partial charge in [-0.05, 0) is 24.3 Å². The van der Waals surface area contributed by atoms with Gasteiger partial charge in [0.25, 0.3) is 5.78 Å². The normalized spacial score (nSPS) is 11.8. The van der Waals surface area contributed by atoms with Crippen LogP contribution in [0.15, 0.2) is 36.4 Å². The Hall–Kier alpha value is -3.55. The summed E-state index contributed by atoms with van der Waals surface area (Å²) in [6.45, 7) is 0.0990. The largest absolute Gasteiger partial charge is 0.478 e. The lowest BCUT2D eigenvalue weighted by Gasteiger charge is -2.12. The van der Waals surface area contributed by atoms with Gasteiger partial charge in [0.2, 0.25) is 6.79 Å². The first-order valence-electron chi connectivity index (χ1n) is 6.78. The van der Waals surface area contributed by atoms with Crippen molar-refractivity contribution in [2.45, 2.75) is 0 Å². The summed E-state index contributed by atoms with van der Waals surface area (Å²) in [7, 11) is 0. The Balaban J connectivity index is 2.01. The molecule has 8 nitrogen and oxygen atoms in total. The zero-order valence-corrected chi connectivity index (χ0v) is 12.1. The first kappa shape index (κ1) is 15.3. The van der Waals surface area contributed by atoms with Crippen LogP contribution in [0.5, 0.6) is 11.5 Å². The molecule has 24 heavy (non-hydrogen) atoms. The van der Waals surface area contributed by atoms with Crippen LogP contribution in [0, 0.1) is 0 Å². The Kier molecular flexibility index (Phi) is 3.78. The van der Waals surface area contributed by atoms with Gasteiger partial charge in [-0.2, -0.15) is 0 Å². The molecular formula is C16H11NO7. The van der Waals surface area contributed by atoms with Crippen molar-refractivity contribution < 1.29 is 34.1 Å². The predicted molar refractivity (Wildman–Crippen MR) is 81.2 cm³/mol. The number of hydrogen-bond donors (Lipinski definition) is 3. The number of anilines is 2. The minimum atomic E-state index is -1.72. The number of Topliss-reactive ketones (excluding diaryl/α,β-unsaturated/α-hetero) is 1. The van der Waals surface area contributed by atoms with E-state index >= 15 is 0 Å². The second kappa shape index (κ2) is 5.92. The number of ether oxygens (including phenoxy) is 2. The minimum absolute atomic E-state index is 0.0912. The number of carboxylic acids is 2. The number of ketones is 1. The molecule has 122 valence electrons. The van der Waals surface area contributed by atoms with E-state index in [0.29, 0.717) is 17.2 Å². The highest BCUT2D eigenvalue weighted by Crippen LogP contribution is 2.35. The van der Waals surface area contributed by atoms with Gasteiger partial charge < -0.3 is 25.0 Å². The molecular weight excluding hydrogens is 318 g/mol. The van der Waals surface area contributed by atoms with E-state index in [1.54, 1.807) is 18.2 Å². The number of rotatable bonds is 5. The number of hydrogen-bond acceptors (Lipinski definition) is 6. The van der Waals surface area contributed by atoms with Crippen LogP contribution >= 0.6 is 0 Å². The molecule has 0 atom stereocenters. The number of nitrogens with one attached hydrogen (secondary N) is 1. The minimum Gasteiger partial charge on any atom is -0.478 e. The van der Waals surface area contributed by atoms with Gasteiger partial charge in [-0.15, -0.1) is 0 Å². The molecule has 2 aromatic carbocycles. The molecule has 3 rings (SSSR count). The van der Waals surface area contributed by atoms with E-state index in [1.165, 1.54) is 12.1 Å². The molecule has 0 radical (unpaired) electrons. The molecule has 2 aromatic rings. The maximum Gasteiger partial charge on any atom is 0.377 e. The molecule has 1 aliphatic rings. The van der Waals surface area contributed by atoms with Crippen molar-refractivity contribution in [1.29, 1.82) is 0 Å². The number of benzene rings is 2. The summed E-state index contributed by atoms with van der Waals surface area (Å²) in [6, 6.07) is 8.90. The van der Waals surface area contributed by atoms with E-state index in [1.807, 2.05) is 0 Å². The summed E-state index contributed by atoms with van der Waals surface area (Å²) in [4.78, 5) is 34.1. The maximum absolute atomic E-state index is 11.7. The summed E-state index contributed by atoms with van der Waals surface area (Å²) in [5.41, 5.74) is -0.224. The molecule has 1 heterocycles. The van der Waals surface area contributed by atoms with Crippen molar-refractivity contribution in [2.24, 2.45) is 0 Å². The fourth-order valence-corrected chi connectivity index (χ4v) is 2.32. The van der Waals surface area contributed by atoms with E-state index in [0.717, 1.165) is 6.07 Å². The highest BCUT2D eigenvalue weighted by Gasteiger charge is 2.25. The van der Waals surface area contributed by atoms with Crippen molar-refractivity contribution in [1.82, 2.24) is 0 Å². The van der Waals surface area contributed by atoms with Gasteiger partial charge in [-0.3, -0.25) is 4.79 Å². The van der Waals surface area contributed by atoms with Crippen LogP contribution in [-0.2, 0) is 4.79 Å². The Bertz CT molecular complexity index is 859. The number of fused-ring (bicyclic) bond motifs is 1. The van der Waals surface area contributed by atoms with E-state index in [2.05, 4.69) is 5.32 Å². The summed E-state index contributed by atoms with van der Waals surface area (Å²) >= 11 is 0. The molecule has 0 saturated heterocycles. The molecule has 0 unspecified atom stereocenters. The molecule has 3 N–H and O–H groups in total. The third-order valence-corrected chi connectivity index (χ3v) is 3.37. The van der Waals surface area contributed by atoms with Gasteiger partial charge in [0.1, 0.15) is 0 Å². The molecule has 0 fully saturated rings. The van der Waals surface area contributed by atoms with Gasteiger partial charge in [0, 0.05) is 17.3 Å². The molecule has 0 aromatic heterocycles. The third kappa shape index (κ3) is 2.72. The van der Waals surface area contributed by atoms with E-state index in [-0.39, 0.29) is 12.5 Å². The topological polar surface area (TPSA) is 122 Å². The molecule has 0 saturated carbocycles. The molecule has 0 spiro atoms. The van der Waals surface area contributed by atoms with Gasteiger partial charge in [0.05, 0.1) is 11.3 Å². The van der Waals surface area contributed by atoms with E-state index < -0.39 is 28.8 Å². The number of carboxylic acid groups (broad SMARTS) is 2. The number of carbonyl (C=O) groups is 3. The number of aromatic carboxylic acids is 1. The first-order chi connectivity index (χ1) is 11.5. The van der Waals surface area contributed by atoms with Crippen LogP contribution in [-0.4, -0.2) is 34.7 Å².